The van der Waals surface area contributed by atoms with E-state index >= 15 is 0 Å². The predicted octanol–water partition coefficient (Wildman–Crippen LogP) is 2.77. The van der Waals surface area contributed by atoms with Crippen LogP contribution in [0.5, 0.6) is 0 Å². The number of rotatable bonds is 5. The van der Waals surface area contributed by atoms with Crippen LogP contribution in [0, 0.1) is 0 Å². The fraction of sp³-hybridized carbons (Fsp3) is 0.538. The van der Waals surface area contributed by atoms with Gasteiger partial charge in [-0.15, -0.1) is 0 Å². The molecule has 0 spiro atoms. The molecule has 1 amide bonds. The van der Waals surface area contributed by atoms with Gasteiger partial charge < -0.3 is 4.74 Å². The van der Waals surface area contributed by atoms with Crippen molar-refractivity contribution < 1.29 is 9.53 Å². The molecule has 17 heavy (non-hydrogen) atoms. The lowest BCUT2D eigenvalue weighted by Crippen LogP contribution is -2.29. The summed E-state index contributed by atoms with van der Waals surface area (Å²) in [5.74, 6) is 0. The van der Waals surface area contributed by atoms with Gasteiger partial charge in [0, 0.05) is 12.7 Å². The van der Waals surface area contributed by atoms with Crippen LogP contribution in [0.1, 0.15) is 37.9 Å². The molecule has 1 fully saturated rings. The van der Waals surface area contributed by atoms with E-state index in [0.717, 1.165) is 31.5 Å². The summed E-state index contributed by atoms with van der Waals surface area (Å²) >= 11 is 0. The maximum absolute atomic E-state index is 11.6. The molecule has 92 valence electrons. The number of ether oxygens (including phenoxy) is 1. The fourth-order valence-electron chi connectivity index (χ4n) is 2.05. The summed E-state index contributed by atoms with van der Waals surface area (Å²) in [7, 11) is 0. The van der Waals surface area contributed by atoms with E-state index in [1.165, 1.54) is 0 Å². The molecular formula is C13H18N2O2. The molecule has 1 aromatic heterocycles. The number of cyclic esters (lactones) is 1. The Balaban J connectivity index is 2.03. The standard InChI is InChI=1S/C13H18N2O2/c1-2-3-6-9-15-12(10-17-13(15)16)11-7-4-5-8-14-11/h4-5,7-8,12H,2-3,6,9-10H2,1H3/t12-/m1/s1. The van der Waals surface area contributed by atoms with Gasteiger partial charge in [-0.2, -0.15) is 0 Å². The Morgan fingerprint density at radius 1 is 1.47 bits per heavy atom. The van der Waals surface area contributed by atoms with E-state index in [0.29, 0.717) is 6.61 Å². The summed E-state index contributed by atoms with van der Waals surface area (Å²) < 4.78 is 5.11. The van der Waals surface area contributed by atoms with Crippen molar-refractivity contribution in [1.82, 2.24) is 9.88 Å². The van der Waals surface area contributed by atoms with Gasteiger partial charge in [0.15, 0.2) is 0 Å². The molecular weight excluding hydrogens is 216 g/mol. The molecule has 0 aliphatic carbocycles. The van der Waals surface area contributed by atoms with E-state index in [4.69, 9.17) is 4.74 Å². The van der Waals surface area contributed by atoms with Gasteiger partial charge >= 0.3 is 6.09 Å². The number of amides is 1. The van der Waals surface area contributed by atoms with Crippen molar-refractivity contribution in [3.8, 4) is 0 Å². The van der Waals surface area contributed by atoms with Crippen molar-refractivity contribution >= 4 is 6.09 Å². The lowest BCUT2D eigenvalue weighted by atomic mass is 10.1. The van der Waals surface area contributed by atoms with E-state index in [2.05, 4.69) is 11.9 Å². The fourth-order valence-corrected chi connectivity index (χ4v) is 2.05. The van der Waals surface area contributed by atoms with Gasteiger partial charge in [-0.3, -0.25) is 9.88 Å². The maximum atomic E-state index is 11.6. The van der Waals surface area contributed by atoms with Crippen molar-refractivity contribution in [3.63, 3.8) is 0 Å². The van der Waals surface area contributed by atoms with Crippen molar-refractivity contribution in [3.05, 3.63) is 30.1 Å². The van der Waals surface area contributed by atoms with Gasteiger partial charge in [0.25, 0.3) is 0 Å². The molecule has 1 atom stereocenters. The highest BCUT2D eigenvalue weighted by Gasteiger charge is 2.34. The maximum Gasteiger partial charge on any atom is 0.410 e. The molecule has 1 aromatic rings. The lowest BCUT2D eigenvalue weighted by molar-refractivity contribution is 0.157. The lowest BCUT2D eigenvalue weighted by Gasteiger charge is -2.20. The first kappa shape index (κ1) is 11.9. The number of carbonyl (C=O) groups is 1. The second kappa shape index (κ2) is 5.66. The number of pyridine rings is 1. The largest absolute Gasteiger partial charge is 0.447 e. The van der Waals surface area contributed by atoms with E-state index < -0.39 is 0 Å². The van der Waals surface area contributed by atoms with Crippen LogP contribution in [-0.2, 0) is 4.74 Å². The number of hydrogen-bond acceptors (Lipinski definition) is 3. The summed E-state index contributed by atoms with van der Waals surface area (Å²) in [6.07, 6.45) is 4.85. The Morgan fingerprint density at radius 3 is 3.06 bits per heavy atom. The highest BCUT2D eigenvalue weighted by molar-refractivity contribution is 5.70. The zero-order chi connectivity index (χ0) is 12.1. The molecule has 2 heterocycles. The van der Waals surface area contributed by atoms with Gasteiger partial charge in [0.1, 0.15) is 12.6 Å². The molecule has 0 radical (unpaired) electrons. The molecule has 4 heteroatoms. The van der Waals surface area contributed by atoms with Crippen LogP contribution in [0.4, 0.5) is 4.79 Å². The Morgan fingerprint density at radius 2 is 2.35 bits per heavy atom. The molecule has 0 unspecified atom stereocenters. The van der Waals surface area contributed by atoms with Crippen LogP contribution in [0.3, 0.4) is 0 Å². The van der Waals surface area contributed by atoms with Gasteiger partial charge in [0.05, 0.1) is 5.69 Å². The third-order valence-electron chi connectivity index (χ3n) is 3.01. The van der Waals surface area contributed by atoms with E-state index in [-0.39, 0.29) is 12.1 Å². The van der Waals surface area contributed by atoms with Gasteiger partial charge in [-0.05, 0) is 18.6 Å². The van der Waals surface area contributed by atoms with Gasteiger partial charge in [-0.25, -0.2) is 4.79 Å². The molecule has 0 bridgehead atoms. The first-order valence-corrected chi connectivity index (χ1v) is 6.17. The van der Waals surface area contributed by atoms with Crippen LogP contribution >= 0.6 is 0 Å². The van der Waals surface area contributed by atoms with E-state index in [1.54, 1.807) is 11.1 Å². The quantitative estimate of drug-likeness (QED) is 0.736. The smallest absolute Gasteiger partial charge is 0.410 e. The molecule has 0 saturated carbocycles. The summed E-state index contributed by atoms with van der Waals surface area (Å²) in [5.41, 5.74) is 0.912. The van der Waals surface area contributed by atoms with Crippen molar-refractivity contribution in [2.45, 2.75) is 32.2 Å². The van der Waals surface area contributed by atoms with Crippen molar-refractivity contribution in [2.75, 3.05) is 13.2 Å². The minimum Gasteiger partial charge on any atom is -0.447 e. The Kier molecular flexibility index (Phi) is 3.96. The summed E-state index contributed by atoms with van der Waals surface area (Å²) in [5, 5.41) is 0. The minimum absolute atomic E-state index is 0.0134. The monoisotopic (exact) mass is 234 g/mol. The average Bonchev–Trinajstić information content (AvgIpc) is 2.73. The number of carbonyl (C=O) groups excluding carboxylic acids is 1. The summed E-state index contributed by atoms with van der Waals surface area (Å²) in [6, 6.07) is 5.75. The number of unbranched alkanes of at least 4 members (excludes halogenated alkanes) is 2. The summed E-state index contributed by atoms with van der Waals surface area (Å²) in [6.45, 7) is 3.33. The third-order valence-corrected chi connectivity index (χ3v) is 3.01. The molecule has 1 saturated heterocycles. The normalized spacial score (nSPS) is 19.5. The predicted molar refractivity (Wildman–Crippen MR) is 64.6 cm³/mol. The van der Waals surface area contributed by atoms with E-state index in [1.807, 2.05) is 18.2 Å². The Hall–Kier alpha value is -1.58. The molecule has 4 nitrogen and oxygen atoms in total. The number of nitrogens with zero attached hydrogens (tertiary/aromatic N) is 2. The summed E-state index contributed by atoms with van der Waals surface area (Å²) in [4.78, 5) is 17.7. The van der Waals surface area contributed by atoms with Crippen molar-refractivity contribution in [1.29, 1.82) is 0 Å². The molecule has 1 aliphatic rings. The van der Waals surface area contributed by atoms with Crippen molar-refractivity contribution in [2.24, 2.45) is 0 Å². The number of aromatic nitrogens is 1. The topological polar surface area (TPSA) is 42.4 Å². The zero-order valence-corrected chi connectivity index (χ0v) is 10.1. The molecule has 0 aromatic carbocycles. The minimum atomic E-state index is -0.211. The highest BCUT2D eigenvalue weighted by Crippen LogP contribution is 2.26. The first-order valence-electron chi connectivity index (χ1n) is 6.17. The first-order chi connectivity index (χ1) is 8.33. The average molecular weight is 234 g/mol. The second-order valence-electron chi connectivity index (χ2n) is 4.25. The van der Waals surface area contributed by atoms with Gasteiger partial charge in [-0.1, -0.05) is 25.8 Å². The molecule has 0 N–H and O–H groups in total. The molecule has 1 aliphatic heterocycles. The Bertz CT molecular complexity index is 367. The zero-order valence-electron chi connectivity index (χ0n) is 10.1. The third kappa shape index (κ3) is 2.75. The van der Waals surface area contributed by atoms with Crippen LogP contribution in [0.25, 0.3) is 0 Å². The van der Waals surface area contributed by atoms with Crippen LogP contribution < -0.4 is 0 Å². The van der Waals surface area contributed by atoms with E-state index in [9.17, 15) is 4.79 Å². The van der Waals surface area contributed by atoms with Crippen LogP contribution in [0.15, 0.2) is 24.4 Å². The highest BCUT2D eigenvalue weighted by atomic mass is 16.6. The Labute approximate surface area is 102 Å². The molecule has 2 rings (SSSR count). The SMILES string of the molecule is CCCCCN1C(=O)OC[C@@H]1c1ccccn1. The van der Waals surface area contributed by atoms with Crippen LogP contribution in [-0.4, -0.2) is 29.1 Å². The number of hydrogen-bond donors (Lipinski definition) is 0. The second-order valence-corrected chi connectivity index (χ2v) is 4.25. The van der Waals surface area contributed by atoms with Crippen LogP contribution in [0.2, 0.25) is 0 Å². The van der Waals surface area contributed by atoms with Gasteiger partial charge in [0.2, 0.25) is 0 Å².